The minimum Gasteiger partial charge on any atom is -0.462 e. The summed E-state index contributed by atoms with van der Waals surface area (Å²) in [5.41, 5.74) is 0.845. The Balaban J connectivity index is 2.24. The molecule has 2 rings (SSSR count). The van der Waals surface area contributed by atoms with Crippen LogP contribution in [0.25, 0.3) is 0 Å². The number of hydrogen-bond acceptors (Lipinski definition) is 12. The van der Waals surface area contributed by atoms with Crippen molar-refractivity contribution >= 4 is 29.6 Å². The largest absolute Gasteiger partial charge is 0.462 e. The van der Waals surface area contributed by atoms with Gasteiger partial charge in [-0.25, -0.2) is 4.79 Å². The molecule has 0 spiro atoms. The summed E-state index contributed by atoms with van der Waals surface area (Å²) >= 11 is 0. The van der Waals surface area contributed by atoms with Gasteiger partial charge in [0, 0.05) is 47.4 Å². The van der Waals surface area contributed by atoms with E-state index in [-0.39, 0.29) is 67.6 Å². The Labute approximate surface area is 390 Å². The molecule has 1 aromatic carbocycles. The van der Waals surface area contributed by atoms with Crippen LogP contribution in [0.15, 0.2) is 30.3 Å². The molecule has 372 valence electrons. The molecule has 1 aliphatic rings. The van der Waals surface area contributed by atoms with Crippen molar-refractivity contribution in [2.75, 3.05) is 81.6 Å². The van der Waals surface area contributed by atoms with Crippen molar-refractivity contribution in [2.45, 2.75) is 143 Å². The Morgan fingerprint density at radius 2 is 1.40 bits per heavy atom. The van der Waals surface area contributed by atoms with Gasteiger partial charge in [-0.1, -0.05) is 85.2 Å². The molecule has 1 unspecified atom stereocenters. The minimum absolute atomic E-state index is 0.00161. The monoisotopic (exact) mass is 920 g/mol. The molecule has 2 N–H and O–H groups in total. The van der Waals surface area contributed by atoms with E-state index in [4.69, 9.17) is 28.4 Å². The number of carbonyl (C=O) groups excluding carboxylic acids is 5. The number of benzene rings is 1. The lowest BCUT2D eigenvalue weighted by Crippen LogP contribution is -2.60. The van der Waals surface area contributed by atoms with Crippen molar-refractivity contribution in [2.24, 2.45) is 23.7 Å². The predicted octanol–water partition coefficient (Wildman–Crippen LogP) is 4.36. The van der Waals surface area contributed by atoms with Crippen molar-refractivity contribution in [3.63, 3.8) is 0 Å². The van der Waals surface area contributed by atoms with Crippen LogP contribution in [0.5, 0.6) is 0 Å². The number of methoxy groups -OCH3 is 3. The number of esters is 1. The van der Waals surface area contributed by atoms with Gasteiger partial charge in [-0.05, 0) is 57.1 Å². The van der Waals surface area contributed by atoms with Crippen molar-refractivity contribution in [1.82, 2.24) is 25.3 Å². The number of hydrogen-bond donors (Lipinski definition) is 2. The topological polar surface area (TPSA) is 175 Å². The summed E-state index contributed by atoms with van der Waals surface area (Å²) in [6.07, 6.45) is 0.870. The zero-order chi connectivity index (χ0) is 48.8. The maximum atomic E-state index is 14.5. The van der Waals surface area contributed by atoms with Crippen LogP contribution < -0.4 is 10.6 Å². The molecule has 1 fully saturated rings. The first kappa shape index (κ1) is 57.5. The van der Waals surface area contributed by atoms with E-state index in [1.165, 1.54) is 7.11 Å². The fraction of sp³-hybridized carbons (Fsp3) is 0.776. The molecule has 65 heavy (non-hydrogen) atoms. The maximum Gasteiger partial charge on any atom is 0.329 e. The number of rotatable bonds is 31. The third kappa shape index (κ3) is 17.8. The molecular formula is C49H85N5O11. The molecule has 0 bridgehead atoms. The van der Waals surface area contributed by atoms with Crippen LogP contribution in [-0.2, 0) is 58.8 Å². The molecule has 16 nitrogen and oxygen atoms in total. The molecule has 16 heteroatoms. The second-order valence-corrected chi connectivity index (χ2v) is 18.4. The Morgan fingerprint density at radius 3 is 1.94 bits per heavy atom. The molecule has 4 amide bonds. The lowest BCUT2D eigenvalue weighted by molar-refractivity contribution is -0.151. The summed E-state index contributed by atoms with van der Waals surface area (Å²) in [5.74, 6) is -2.62. The quantitative estimate of drug-likeness (QED) is 0.0798. The van der Waals surface area contributed by atoms with Gasteiger partial charge >= 0.3 is 5.97 Å². The number of likely N-dealkylation sites (N-methyl/N-ethyl adjacent to an activating group) is 2. The molecule has 9 atom stereocenters. The third-order valence-electron chi connectivity index (χ3n) is 12.8. The number of amides is 4. The first-order chi connectivity index (χ1) is 30.9. The van der Waals surface area contributed by atoms with Crippen molar-refractivity contribution in [1.29, 1.82) is 0 Å². The third-order valence-corrected chi connectivity index (χ3v) is 12.8. The van der Waals surface area contributed by atoms with Crippen molar-refractivity contribution in [3.8, 4) is 0 Å². The first-order valence-corrected chi connectivity index (χ1v) is 23.7. The molecular weight excluding hydrogens is 835 g/mol. The van der Waals surface area contributed by atoms with Crippen LogP contribution in [0.4, 0.5) is 0 Å². The van der Waals surface area contributed by atoms with Crippen LogP contribution in [0.2, 0.25) is 0 Å². The lowest BCUT2D eigenvalue weighted by atomic mass is 9.89. The van der Waals surface area contributed by atoms with E-state index in [9.17, 15) is 24.0 Å². The highest BCUT2D eigenvalue weighted by Crippen LogP contribution is 2.30. The molecule has 0 radical (unpaired) electrons. The summed E-state index contributed by atoms with van der Waals surface area (Å²) in [4.78, 5) is 75.6. The predicted molar refractivity (Wildman–Crippen MR) is 251 cm³/mol. The summed E-state index contributed by atoms with van der Waals surface area (Å²) in [6.45, 7) is 20.0. The van der Waals surface area contributed by atoms with Crippen LogP contribution in [0, 0.1) is 23.7 Å². The number of nitrogens with zero attached hydrogens (tertiary/aromatic N) is 3. The fourth-order valence-electron chi connectivity index (χ4n) is 8.67. The standard InChI is InChI=1S/C49H85N5O11/c1-15-35(8)44(53(11)48(58)42(32(2)3)51-47(57)43(33(4)5)52(10)34(6)7)40(61-13)31-41(55)54-23-19-22-39(54)45(62-14)36(9)46(56)50-38(30-37-20-17-16-18-21-37)49(59)65-29-28-64-27-26-63-25-24-60-12/h16-18,20-21,32-36,38-40,42-45H,15,19,22-31H2,1-14H3,(H,50,56)(H,51,57)/t35-,36+,38-,39-,40?,42-,43-,44-,45+/m0/s1. The SMILES string of the molecule is CC[C@H](C)[C@@H](C(CC(=O)N1CCC[C@H]1[C@H](OC)[C@@H](C)C(=O)N[C@@H](Cc1ccccc1)C(=O)OCCOCCOCCOC)OC)N(C)C(=O)[C@@H](NC(=O)[C@H](C(C)C)N(C)C(C)C)C(C)C. The van der Waals surface area contributed by atoms with Gasteiger partial charge in [-0.15, -0.1) is 0 Å². The minimum atomic E-state index is -0.982. The molecule has 1 aliphatic heterocycles. The Bertz CT molecular complexity index is 1570. The summed E-state index contributed by atoms with van der Waals surface area (Å²) in [7, 11) is 8.34. The van der Waals surface area contributed by atoms with Gasteiger partial charge in [-0.3, -0.25) is 24.1 Å². The van der Waals surface area contributed by atoms with E-state index in [0.29, 0.717) is 52.2 Å². The molecule has 1 aromatic rings. The van der Waals surface area contributed by atoms with Crippen LogP contribution in [0.3, 0.4) is 0 Å². The van der Waals surface area contributed by atoms with Gasteiger partial charge in [0.1, 0.15) is 18.7 Å². The van der Waals surface area contributed by atoms with Gasteiger partial charge in [0.15, 0.2) is 0 Å². The van der Waals surface area contributed by atoms with Crippen LogP contribution >= 0.6 is 0 Å². The van der Waals surface area contributed by atoms with E-state index in [1.54, 1.807) is 38.0 Å². The van der Waals surface area contributed by atoms with Gasteiger partial charge in [0.05, 0.1) is 75.7 Å². The Kier molecular flexibility index (Phi) is 26.4. The Morgan fingerprint density at radius 1 is 0.785 bits per heavy atom. The fourth-order valence-corrected chi connectivity index (χ4v) is 8.67. The smallest absolute Gasteiger partial charge is 0.329 e. The summed E-state index contributed by atoms with van der Waals surface area (Å²) in [6, 6.07) is 6.38. The van der Waals surface area contributed by atoms with Gasteiger partial charge < -0.3 is 48.9 Å². The highest BCUT2D eigenvalue weighted by molar-refractivity contribution is 5.90. The average molecular weight is 920 g/mol. The number of carbonyl (C=O) groups is 5. The van der Waals surface area contributed by atoms with E-state index < -0.39 is 60.2 Å². The number of nitrogens with one attached hydrogen (secondary N) is 2. The zero-order valence-corrected chi connectivity index (χ0v) is 42.1. The highest BCUT2D eigenvalue weighted by atomic mass is 16.6. The van der Waals surface area contributed by atoms with Gasteiger partial charge in [0.2, 0.25) is 23.6 Å². The molecule has 1 saturated heterocycles. The molecule has 0 saturated carbocycles. The second kappa shape index (κ2) is 29.9. The van der Waals surface area contributed by atoms with E-state index in [2.05, 4.69) is 10.6 Å². The van der Waals surface area contributed by atoms with Crippen molar-refractivity contribution in [3.05, 3.63) is 35.9 Å². The molecule has 0 aromatic heterocycles. The first-order valence-electron chi connectivity index (χ1n) is 23.7. The normalized spacial score (nSPS) is 17.9. The molecule has 1 heterocycles. The zero-order valence-electron chi connectivity index (χ0n) is 42.1. The average Bonchev–Trinajstić information content (AvgIpc) is 3.76. The lowest BCUT2D eigenvalue weighted by Gasteiger charge is -2.41. The maximum absolute atomic E-state index is 14.5. The van der Waals surface area contributed by atoms with Crippen molar-refractivity contribution < 1.29 is 52.4 Å². The van der Waals surface area contributed by atoms with E-state index in [1.807, 2.05) is 97.7 Å². The summed E-state index contributed by atoms with van der Waals surface area (Å²) in [5, 5.41) is 6.01. The van der Waals surface area contributed by atoms with E-state index in [0.717, 1.165) is 5.56 Å². The van der Waals surface area contributed by atoms with Gasteiger partial charge in [-0.2, -0.15) is 0 Å². The number of likely N-dealkylation sites (tertiary alicyclic amines) is 1. The van der Waals surface area contributed by atoms with Gasteiger partial charge in [0.25, 0.3) is 0 Å². The summed E-state index contributed by atoms with van der Waals surface area (Å²) < 4.78 is 33.5. The molecule has 0 aliphatic carbocycles. The Hall–Kier alpha value is -3.67. The van der Waals surface area contributed by atoms with Crippen LogP contribution in [0.1, 0.15) is 93.6 Å². The van der Waals surface area contributed by atoms with E-state index >= 15 is 0 Å². The second-order valence-electron chi connectivity index (χ2n) is 18.4. The number of ether oxygens (including phenoxy) is 6. The van der Waals surface area contributed by atoms with Crippen LogP contribution in [-0.4, -0.2) is 174 Å². The highest BCUT2D eigenvalue weighted by Gasteiger charge is 2.43.